The summed E-state index contributed by atoms with van der Waals surface area (Å²) in [6.07, 6.45) is 1.64. The van der Waals surface area contributed by atoms with E-state index in [0.717, 1.165) is 10.9 Å². The molecule has 3 aromatic rings. The molecular weight excluding hydrogens is 280 g/mol. The van der Waals surface area contributed by atoms with Crippen LogP contribution in [-0.2, 0) is 0 Å². The molecule has 0 saturated heterocycles. The third-order valence-corrected chi connectivity index (χ3v) is 3.18. The maximum absolute atomic E-state index is 12.2. The number of carbonyl (C=O) groups excluding carboxylic acids is 1. The van der Waals surface area contributed by atoms with E-state index < -0.39 is 0 Å². The molecule has 2 aromatic heterocycles. The van der Waals surface area contributed by atoms with Gasteiger partial charge in [-0.25, -0.2) is 0 Å². The second kappa shape index (κ2) is 4.86. The molecule has 0 spiro atoms. The number of amides is 1. The van der Waals surface area contributed by atoms with E-state index in [1.807, 2.05) is 13.0 Å². The Morgan fingerprint density at radius 2 is 2.20 bits per heavy atom. The van der Waals surface area contributed by atoms with Gasteiger partial charge < -0.3 is 0 Å². The van der Waals surface area contributed by atoms with Gasteiger partial charge >= 0.3 is 0 Å². The van der Waals surface area contributed by atoms with Gasteiger partial charge in [-0.3, -0.25) is 15.1 Å². The second-order valence-corrected chi connectivity index (χ2v) is 4.54. The Morgan fingerprint density at radius 1 is 1.35 bits per heavy atom. The minimum atomic E-state index is -0.369. The smallest absolute Gasteiger partial charge is 0.270 e. The molecular formula is C12H9ClN6O. The standard InChI is InChI=1S/C12H9ClN6O/c1-6-4-5-14-10-7(2-3-8(13)9(6)10)11(20)15-12-16-18-19-17-12/h2-5H,1H3,(H2,15,16,17,18,19,20). The lowest BCUT2D eigenvalue weighted by molar-refractivity contribution is 0.102. The van der Waals surface area contributed by atoms with Crippen LogP contribution < -0.4 is 5.32 Å². The molecule has 8 heteroatoms. The van der Waals surface area contributed by atoms with E-state index in [0.29, 0.717) is 16.1 Å². The van der Waals surface area contributed by atoms with E-state index in [-0.39, 0.29) is 11.9 Å². The zero-order valence-corrected chi connectivity index (χ0v) is 11.1. The highest BCUT2D eigenvalue weighted by Gasteiger charge is 2.15. The number of carbonyl (C=O) groups is 1. The van der Waals surface area contributed by atoms with Gasteiger partial charge in [0, 0.05) is 11.6 Å². The molecule has 20 heavy (non-hydrogen) atoms. The Balaban J connectivity index is 2.10. The molecule has 0 fully saturated rings. The summed E-state index contributed by atoms with van der Waals surface area (Å²) >= 11 is 6.17. The summed E-state index contributed by atoms with van der Waals surface area (Å²) < 4.78 is 0. The number of H-pyrrole nitrogens is 1. The summed E-state index contributed by atoms with van der Waals surface area (Å²) in [4.78, 5) is 16.5. The Labute approximate surface area is 118 Å². The lowest BCUT2D eigenvalue weighted by atomic mass is 10.1. The van der Waals surface area contributed by atoms with Gasteiger partial charge in [-0.15, -0.1) is 5.10 Å². The van der Waals surface area contributed by atoms with Crippen LogP contribution in [0.3, 0.4) is 0 Å². The molecule has 0 aliphatic rings. The van der Waals surface area contributed by atoms with E-state index >= 15 is 0 Å². The molecule has 0 saturated carbocycles. The van der Waals surface area contributed by atoms with Gasteiger partial charge in [0.25, 0.3) is 11.9 Å². The van der Waals surface area contributed by atoms with Crippen LogP contribution in [0.4, 0.5) is 5.95 Å². The van der Waals surface area contributed by atoms with Gasteiger partial charge in [0.05, 0.1) is 16.1 Å². The molecule has 1 aromatic carbocycles. The fourth-order valence-corrected chi connectivity index (χ4v) is 2.25. The maximum Gasteiger partial charge on any atom is 0.270 e. The van der Waals surface area contributed by atoms with Gasteiger partial charge in [0.15, 0.2) is 0 Å². The summed E-state index contributed by atoms with van der Waals surface area (Å²) in [5.74, 6) is -0.267. The lowest BCUT2D eigenvalue weighted by Crippen LogP contribution is -2.14. The molecule has 7 nitrogen and oxygen atoms in total. The van der Waals surface area contributed by atoms with Crippen molar-refractivity contribution in [2.24, 2.45) is 0 Å². The molecule has 3 rings (SSSR count). The summed E-state index contributed by atoms with van der Waals surface area (Å²) in [6.45, 7) is 1.91. The molecule has 100 valence electrons. The largest absolute Gasteiger partial charge is 0.288 e. The maximum atomic E-state index is 12.2. The second-order valence-electron chi connectivity index (χ2n) is 4.14. The molecule has 0 unspecified atom stereocenters. The van der Waals surface area contributed by atoms with Crippen molar-refractivity contribution >= 4 is 34.4 Å². The van der Waals surface area contributed by atoms with Crippen LogP contribution in [0, 0.1) is 6.92 Å². The van der Waals surface area contributed by atoms with Gasteiger partial charge in [0.2, 0.25) is 0 Å². The van der Waals surface area contributed by atoms with Crippen LogP contribution in [0.2, 0.25) is 5.02 Å². The number of pyridine rings is 1. The van der Waals surface area contributed by atoms with E-state index in [1.54, 1.807) is 18.3 Å². The topological polar surface area (TPSA) is 96.5 Å². The first-order valence-corrected chi connectivity index (χ1v) is 6.13. The summed E-state index contributed by atoms with van der Waals surface area (Å²) in [7, 11) is 0. The van der Waals surface area contributed by atoms with Crippen molar-refractivity contribution in [2.75, 3.05) is 5.32 Å². The fourth-order valence-electron chi connectivity index (χ4n) is 1.95. The lowest BCUT2D eigenvalue weighted by Gasteiger charge is -2.08. The zero-order chi connectivity index (χ0) is 14.1. The number of nitrogens with one attached hydrogen (secondary N) is 2. The third kappa shape index (κ3) is 2.08. The third-order valence-electron chi connectivity index (χ3n) is 2.86. The van der Waals surface area contributed by atoms with Crippen molar-refractivity contribution in [1.29, 1.82) is 0 Å². The number of aryl methyl sites for hydroxylation is 1. The summed E-state index contributed by atoms with van der Waals surface area (Å²) in [5.41, 5.74) is 1.89. The predicted octanol–water partition coefficient (Wildman–Crippen LogP) is 1.96. The first-order chi connectivity index (χ1) is 9.66. The number of rotatable bonds is 2. The van der Waals surface area contributed by atoms with E-state index in [2.05, 4.69) is 30.9 Å². The molecule has 0 aliphatic carbocycles. The van der Waals surface area contributed by atoms with Crippen LogP contribution >= 0.6 is 11.6 Å². The average molecular weight is 289 g/mol. The van der Waals surface area contributed by atoms with Crippen molar-refractivity contribution in [3.8, 4) is 0 Å². The molecule has 0 radical (unpaired) electrons. The van der Waals surface area contributed by atoms with Gasteiger partial charge in [-0.1, -0.05) is 16.7 Å². The highest BCUT2D eigenvalue weighted by atomic mass is 35.5. The van der Waals surface area contributed by atoms with Gasteiger partial charge in [0.1, 0.15) is 0 Å². The highest BCUT2D eigenvalue weighted by Crippen LogP contribution is 2.28. The van der Waals surface area contributed by atoms with Crippen LogP contribution in [0.15, 0.2) is 24.4 Å². The van der Waals surface area contributed by atoms with E-state index in [9.17, 15) is 4.79 Å². The van der Waals surface area contributed by atoms with Crippen LogP contribution in [0.5, 0.6) is 0 Å². The monoisotopic (exact) mass is 288 g/mol. The molecule has 2 N–H and O–H groups in total. The van der Waals surface area contributed by atoms with Crippen LogP contribution in [0.25, 0.3) is 10.9 Å². The number of aromatic amines is 1. The molecule has 0 aliphatic heterocycles. The molecule has 2 heterocycles. The number of nitrogens with zero attached hydrogens (tertiary/aromatic N) is 4. The SMILES string of the molecule is Cc1ccnc2c(C(=O)Nc3nn[nH]n3)ccc(Cl)c12. The van der Waals surface area contributed by atoms with Crippen molar-refractivity contribution < 1.29 is 4.79 Å². The van der Waals surface area contributed by atoms with Gasteiger partial charge in [-0.2, -0.15) is 5.21 Å². The number of halogens is 1. The number of anilines is 1. The minimum absolute atomic E-state index is 0.103. The predicted molar refractivity (Wildman–Crippen MR) is 73.6 cm³/mol. The molecule has 1 amide bonds. The number of fused-ring (bicyclic) bond motifs is 1. The zero-order valence-electron chi connectivity index (χ0n) is 10.4. The number of tetrazole rings is 1. The molecule has 0 bridgehead atoms. The number of aromatic nitrogens is 5. The Morgan fingerprint density at radius 3 is 2.95 bits per heavy atom. The molecule has 0 atom stereocenters. The first-order valence-electron chi connectivity index (χ1n) is 5.75. The van der Waals surface area contributed by atoms with E-state index in [4.69, 9.17) is 11.6 Å². The van der Waals surface area contributed by atoms with Crippen molar-refractivity contribution in [2.45, 2.75) is 6.92 Å². The van der Waals surface area contributed by atoms with Crippen molar-refractivity contribution in [1.82, 2.24) is 25.6 Å². The number of hydrogen-bond acceptors (Lipinski definition) is 5. The fraction of sp³-hybridized carbons (Fsp3) is 0.0833. The average Bonchev–Trinajstić information content (AvgIpc) is 2.92. The summed E-state index contributed by atoms with van der Waals surface area (Å²) in [6, 6.07) is 5.13. The Hall–Kier alpha value is -2.54. The normalized spacial score (nSPS) is 10.7. The van der Waals surface area contributed by atoms with Crippen molar-refractivity contribution in [3.63, 3.8) is 0 Å². The number of hydrogen-bond donors (Lipinski definition) is 2. The van der Waals surface area contributed by atoms with Crippen molar-refractivity contribution in [3.05, 3.63) is 40.5 Å². The van der Waals surface area contributed by atoms with Crippen LogP contribution in [0.1, 0.15) is 15.9 Å². The van der Waals surface area contributed by atoms with Gasteiger partial charge in [-0.05, 0) is 35.9 Å². The van der Waals surface area contributed by atoms with E-state index in [1.165, 1.54) is 0 Å². The van der Waals surface area contributed by atoms with Crippen LogP contribution in [-0.4, -0.2) is 31.5 Å². The summed E-state index contributed by atoms with van der Waals surface area (Å²) in [5, 5.41) is 16.8. The first kappa shape index (κ1) is 12.5. The Kier molecular flexibility index (Phi) is 3.03. The Bertz CT molecular complexity index is 778. The highest BCUT2D eigenvalue weighted by molar-refractivity contribution is 6.36. The number of benzene rings is 1. The minimum Gasteiger partial charge on any atom is -0.288 e. The quantitative estimate of drug-likeness (QED) is 0.751.